The summed E-state index contributed by atoms with van der Waals surface area (Å²) in [6.45, 7) is 5.55. The Kier molecular flexibility index (Phi) is 17.9. The lowest BCUT2D eigenvalue weighted by Gasteiger charge is -2.27. The van der Waals surface area contributed by atoms with Gasteiger partial charge in [-0.1, -0.05) is 44.6 Å². The van der Waals surface area contributed by atoms with Crippen LogP contribution in [0.1, 0.15) is 70.9 Å². The average Bonchev–Trinajstić information content (AvgIpc) is 3.63. The molecule has 0 unspecified atom stereocenters. The maximum absolute atomic E-state index is 13.7. The van der Waals surface area contributed by atoms with E-state index in [0.717, 1.165) is 12.1 Å². The lowest BCUT2D eigenvalue weighted by molar-refractivity contribution is -0.437. The van der Waals surface area contributed by atoms with Gasteiger partial charge in [0.15, 0.2) is 5.71 Å². The molecule has 0 atom stereocenters. The quantitative estimate of drug-likeness (QED) is 0.0202. The Labute approximate surface area is 452 Å². The summed E-state index contributed by atoms with van der Waals surface area (Å²) in [5.74, 6) is -3.71. The van der Waals surface area contributed by atoms with E-state index in [1.165, 1.54) is 18.2 Å². The number of nitrogens with one attached hydrogen (secondary N) is 2. The summed E-state index contributed by atoms with van der Waals surface area (Å²) in [5.41, 5.74) is 0.298. The molecule has 2 aliphatic heterocycles. The van der Waals surface area contributed by atoms with E-state index in [1.807, 2.05) is 14.3 Å². The van der Waals surface area contributed by atoms with E-state index in [4.69, 9.17) is 0 Å². The number of carboxylic acid groups (broad SMARTS) is 1. The Morgan fingerprint density at radius 3 is 1.56 bits per heavy atom. The molecule has 78 heavy (non-hydrogen) atoms. The highest BCUT2D eigenvalue weighted by molar-refractivity contribution is 7.90. The molecule has 0 spiro atoms. The second-order valence-electron chi connectivity index (χ2n) is 19.3. The molecule has 2 heterocycles. The number of unbranched alkanes of at least 4 members (excludes halogenated alkanes) is 2. The van der Waals surface area contributed by atoms with E-state index in [-0.39, 0.29) is 47.5 Å². The summed E-state index contributed by atoms with van der Waals surface area (Å²) >= 11 is 0. The zero-order valence-electron chi connectivity index (χ0n) is 42.1. The molecule has 0 fully saturated rings. The zero-order chi connectivity index (χ0) is 58.4. The number of aliphatic carboxylic acids is 1. The highest BCUT2D eigenvalue weighted by Gasteiger charge is 2.47. The Morgan fingerprint density at radius 1 is 0.577 bits per heavy atom. The van der Waals surface area contributed by atoms with E-state index < -0.39 is 137 Å². The highest BCUT2D eigenvalue weighted by atomic mass is 32.2. The molecule has 4 aromatic carbocycles. The van der Waals surface area contributed by atoms with Crippen molar-refractivity contribution in [3.05, 3.63) is 95.7 Å². The number of benzene rings is 4. The summed E-state index contributed by atoms with van der Waals surface area (Å²) in [7, 11) is -33.4. The van der Waals surface area contributed by atoms with Crippen molar-refractivity contribution in [3.8, 4) is 0 Å². The van der Waals surface area contributed by atoms with Crippen LogP contribution >= 0.6 is 0 Å². The third-order valence-corrected chi connectivity index (χ3v) is 20.0. The number of allylic oxidation sites excluding steroid dienone is 6. The number of anilines is 1. The van der Waals surface area contributed by atoms with Crippen LogP contribution in [0.5, 0.6) is 0 Å². The van der Waals surface area contributed by atoms with Gasteiger partial charge in [-0.05, 0) is 85.5 Å². The number of fused-ring (bicyclic) bond motifs is 6. The predicted molar refractivity (Wildman–Crippen MR) is 287 cm³/mol. The third-order valence-electron chi connectivity index (χ3n) is 13.1. The molecule has 0 saturated carbocycles. The minimum atomic E-state index is -5.12. The summed E-state index contributed by atoms with van der Waals surface area (Å²) in [5, 5.41) is 9.25. The standard InChI is InChI=1S/C46H56N4O21S7/c1-45(2)40(49(21-10-6-9-14-42(51)52)36-17-15-32-34(43(36)45)26-30(77(66,67)68)28-38(32)75(62,63)47-19-24-73(56,57)58)12-7-5-8-13-41-46(3,4)44-35-27-31(78(69,70)71)29-39(76(64,65)48-20-25-74(59,60)61)33(35)16-18-37(44)50(41)22-11-23-72(53,54)55/h5,7-8,12-13,15-18,26-29,47-48H,6,9-11,14,19-25H2,1-4H3,(H5-,51,52,53,54,55,56,57,58,59,60,61,66,67,68,69,70,71)/p+1. The summed E-state index contributed by atoms with van der Waals surface area (Å²) in [4.78, 5) is 10.2. The Balaban J connectivity index is 1.48. The van der Waals surface area contributed by atoms with Crippen LogP contribution in [0.2, 0.25) is 0 Å². The molecular formula is C46H57N4O21S7+. The van der Waals surface area contributed by atoms with Gasteiger partial charge in [0.25, 0.3) is 50.6 Å². The smallest absolute Gasteiger partial charge is 0.303 e. The van der Waals surface area contributed by atoms with Crippen molar-refractivity contribution in [2.24, 2.45) is 0 Å². The molecule has 0 aliphatic carbocycles. The maximum atomic E-state index is 13.7. The second kappa shape index (κ2) is 22.5. The van der Waals surface area contributed by atoms with Crippen LogP contribution in [-0.4, -0.2) is 146 Å². The topological polar surface area (TPSA) is 408 Å². The Hall–Kier alpha value is -5.07. The van der Waals surface area contributed by atoms with Crippen LogP contribution in [-0.2, 0) is 86.3 Å². The molecule has 0 bridgehead atoms. The van der Waals surface area contributed by atoms with Gasteiger partial charge in [0.2, 0.25) is 25.7 Å². The first-order valence-electron chi connectivity index (χ1n) is 23.4. The molecule has 428 valence electrons. The molecule has 2 aliphatic rings. The largest absolute Gasteiger partial charge is 0.481 e. The molecule has 0 radical (unpaired) electrons. The minimum Gasteiger partial charge on any atom is -0.481 e. The van der Waals surface area contributed by atoms with Gasteiger partial charge in [-0.3, -0.25) is 27.6 Å². The summed E-state index contributed by atoms with van der Waals surface area (Å²) in [6.07, 6.45) is 9.21. The minimum absolute atomic E-state index is 0.00619. The van der Waals surface area contributed by atoms with Gasteiger partial charge in [-0.15, -0.1) is 0 Å². The van der Waals surface area contributed by atoms with Crippen LogP contribution in [0, 0.1) is 0 Å². The maximum Gasteiger partial charge on any atom is 0.303 e. The number of rotatable bonds is 25. The average molecular weight is 1230 g/mol. The molecule has 25 nitrogen and oxygen atoms in total. The molecule has 0 aromatic heterocycles. The first kappa shape index (κ1) is 62.1. The van der Waals surface area contributed by atoms with Crippen molar-refractivity contribution in [2.75, 3.05) is 48.3 Å². The number of carboxylic acids is 1. The van der Waals surface area contributed by atoms with Gasteiger partial charge < -0.3 is 10.0 Å². The zero-order valence-corrected chi connectivity index (χ0v) is 47.8. The van der Waals surface area contributed by atoms with Crippen LogP contribution < -0.4 is 14.3 Å². The van der Waals surface area contributed by atoms with Gasteiger partial charge in [0, 0.05) is 77.8 Å². The van der Waals surface area contributed by atoms with Crippen LogP contribution in [0.4, 0.5) is 11.4 Å². The molecular weight excluding hydrogens is 1170 g/mol. The monoisotopic (exact) mass is 1230 g/mol. The lowest BCUT2D eigenvalue weighted by Crippen LogP contribution is -2.30. The van der Waals surface area contributed by atoms with Crippen molar-refractivity contribution < 1.29 is 96.2 Å². The van der Waals surface area contributed by atoms with Gasteiger partial charge in [0.05, 0.1) is 42.3 Å². The van der Waals surface area contributed by atoms with E-state index in [0.29, 0.717) is 65.3 Å². The Bertz CT molecular complexity index is 4080. The highest BCUT2D eigenvalue weighted by Crippen LogP contribution is 2.52. The van der Waals surface area contributed by atoms with E-state index in [1.54, 1.807) is 68.7 Å². The SMILES string of the molecule is CC1(C)C(/C=C/C=C/C=C2/N(CCCCCC(=O)O)c3ccc4c(S(=O)(=O)NCCS(=O)(=O)O)cc(S(=O)(=O)O)cc4c3C2(C)C)=[N+](CCCS(=O)(=O)O)c2ccc3c(S(=O)(=O)NCCS(=O)(=O)O)cc(S(=O)(=O)O)cc3c21. The van der Waals surface area contributed by atoms with Crippen molar-refractivity contribution in [2.45, 2.75) is 90.2 Å². The first-order chi connectivity index (χ1) is 35.7. The molecule has 0 saturated heterocycles. The van der Waals surface area contributed by atoms with Crippen molar-refractivity contribution in [1.82, 2.24) is 9.44 Å². The summed E-state index contributed by atoms with van der Waals surface area (Å²) < 4.78 is 229. The van der Waals surface area contributed by atoms with Gasteiger partial charge in [-0.25, -0.2) is 26.3 Å². The van der Waals surface area contributed by atoms with E-state index >= 15 is 0 Å². The molecule has 0 amide bonds. The third kappa shape index (κ3) is 14.3. The van der Waals surface area contributed by atoms with Gasteiger partial charge in [-0.2, -0.15) is 46.7 Å². The molecule has 6 rings (SSSR count). The molecule has 4 aromatic rings. The first-order valence-corrected chi connectivity index (χ1v) is 34.1. The van der Waals surface area contributed by atoms with Crippen molar-refractivity contribution in [3.63, 3.8) is 0 Å². The van der Waals surface area contributed by atoms with Crippen LogP contribution in [0.25, 0.3) is 21.5 Å². The van der Waals surface area contributed by atoms with Gasteiger partial charge in [0.1, 0.15) is 6.54 Å². The second-order valence-corrected chi connectivity index (χ2v) is 30.4. The fraction of sp³-hybridized carbons (Fsp3) is 0.391. The molecule has 8 N–H and O–H groups in total. The van der Waals surface area contributed by atoms with Crippen molar-refractivity contribution >= 4 is 115 Å². The lowest BCUT2D eigenvalue weighted by atomic mass is 9.79. The number of sulfonamides is 2. The number of carbonyl (C=O) groups is 1. The number of nitrogens with zero attached hydrogens (tertiary/aromatic N) is 2. The van der Waals surface area contributed by atoms with E-state index in [2.05, 4.69) is 0 Å². The normalized spacial score (nSPS) is 16.8. The van der Waals surface area contributed by atoms with Crippen LogP contribution in [0.15, 0.2) is 104 Å². The van der Waals surface area contributed by atoms with Crippen LogP contribution in [0.3, 0.4) is 0 Å². The van der Waals surface area contributed by atoms with E-state index in [9.17, 15) is 91.6 Å². The van der Waals surface area contributed by atoms with Crippen molar-refractivity contribution in [1.29, 1.82) is 0 Å². The fourth-order valence-corrected chi connectivity index (χ4v) is 15.0. The van der Waals surface area contributed by atoms with Gasteiger partial charge >= 0.3 is 5.97 Å². The Morgan fingerprint density at radius 2 is 1.08 bits per heavy atom. The predicted octanol–water partition coefficient (Wildman–Crippen LogP) is 3.91. The molecule has 32 heteroatoms. The fourth-order valence-electron chi connectivity index (χ4n) is 9.75. The number of hydrogen-bond acceptors (Lipinski definition) is 16. The summed E-state index contributed by atoms with van der Waals surface area (Å²) in [6, 6.07) is 9.38. The number of hydrogen-bond donors (Lipinski definition) is 8.